The zero-order valence-electron chi connectivity index (χ0n) is 12.9. The lowest BCUT2D eigenvalue weighted by Crippen LogP contribution is -2.24. The number of carbonyl (C=O) groups is 1. The van der Waals surface area contributed by atoms with E-state index in [9.17, 15) is 4.79 Å². The molecule has 0 radical (unpaired) electrons. The van der Waals surface area contributed by atoms with E-state index in [2.05, 4.69) is 25.6 Å². The average molecular weight is 374 g/mol. The van der Waals surface area contributed by atoms with Crippen LogP contribution in [0.3, 0.4) is 0 Å². The number of carbonyl (C=O) groups excluding carboxylic acids is 1. The molecule has 1 aromatic carbocycles. The number of nitrogens with zero attached hydrogens (tertiary/aromatic N) is 3. The summed E-state index contributed by atoms with van der Waals surface area (Å²) in [6, 6.07) is 10.4. The Morgan fingerprint density at radius 3 is 2.60 bits per heavy atom. The largest absolute Gasteiger partial charge is 0.347 e. The highest BCUT2D eigenvalue weighted by atomic mass is 35.5. The molecule has 2 aromatic heterocycles. The van der Waals surface area contributed by atoms with Crippen LogP contribution in [-0.4, -0.2) is 20.9 Å². The molecule has 6 nitrogen and oxygen atoms in total. The van der Waals surface area contributed by atoms with Crippen molar-refractivity contribution in [2.45, 2.75) is 6.54 Å². The lowest BCUT2D eigenvalue weighted by molar-refractivity contribution is 0.0946. The minimum absolute atomic E-state index is 0.226. The number of nitrogens with one attached hydrogen (secondary N) is 2. The van der Waals surface area contributed by atoms with Gasteiger partial charge in [-0.3, -0.25) is 9.78 Å². The number of hydrogen-bond donors (Lipinski definition) is 2. The number of anilines is 2. The quantitative estimate of drug-likeness (QED) is 0.709. The van der Waals surface area contributed by atoms with Crippen molar-refractivity contribution in [3.63, 3.8) is 0 Å². The van der Waals surface area contributed by atoms with Crippen molar-refractivity contribution in [2.75, 3.05) is 5.32 Å². The summed E-state index contributed by atoms with van der Waals surface area (Å²) >= 11 is 12.2. The molecule has 0 fully saturated rings. The number of amides is 1. The number of rotatable bonds is 5. The normalized spacial score (nSPS) is 10.3. The van der Waals surface area contributed by atoms with Crippen molar-refractivity contribution >= 4 is 40.6 Å². The molecule has 3 rings (SSSR count). The molecule has 8 heteroatoms. The molecule has 2 N–H and O–H groups in total. The van der Waals surface area contributed by atoms with E-state index in [0.29, 0.717) is 28.1 Å². The van der Waals surface area contributed by atoms with E-state index in [-0.39, 0.29) is 11.6 Å². The highest BCUT2D eigenvalue weighted by molar-refractivity contribution is 6.39. The van der Waals surface area contributed by atoms with Gasteiger partial charge in [-0.05, 0) is 23.8 Å². The second-order valence-electron chi connectivity index (χ2n) is 5.05. The highest BCUT2D eigenvalue weighted by Crippen LogP contribution is 2.31. The van der Waals surface area contributed by atoms with E-state index in [1.165, 1.54) is 12.4 Å². The maximum Gasteiger partial charge on any atom is 0.270 e. The van der Waals surface area contributed by atoms with E-state index < -0.39 is 0 Å². The fraction of sp³-hybridized carbons (Fsp3) is 0.0588. The van der Waals surface area contributed by atoms with Gasteiger partial charge in [0.15, 0.2) is 0 Å². The van der Waals surface area contributed by atoms with Gasteiger partial charge in [-0.15, -0.1) is 0 Å². The number of hydrogen-bond acceptors (Lipinski definition) is 5. The van der Waals surface area contributed by atoms with Gasteiger partial charge in [-0.25, -0.2) is 9.97 Å². The lowest BCUT2D eigenvalue weighted by atomic mass is 10.2. The number of aromatic nitrogens is 3. The maximum atomic E-state index is 12.3. The van der Waals surface area contributed by atoms with Gasteiger partial charge >= 0.3 is 0 Å². The molecule has 0 aliphatic carbocycles. The smallest absolute Gasteiger partial charge is 0.270 e. The fourth-order valence-electron chi connectivity index (χ4n) is 2.07. The van der Waals surface area contributed by atoms with Crippen LogP contribution in [0.1, 0.15) is 16.1 Å². The van der Waals surface area contributed by atoms with Gasteiger partial charge in [-0.2, -0.15) is 0 Å². The summed E-state index contributed by atoms with van der Waals surface area (Å²) in [4.78, 5) is 24.3. The Hall–Kier alpha value is -2.70. The fourth-order valence-corrected chi connectivity index (χ4v) is 2.56. The third-order valence-electron chi connectivity index (χ3n) is 3.29. The van der Waals surface area contributed by atoms with Gasteiger partial charge in [0.2, 0.25) is 0 Å². The van der Waals surface area contributed by atoms with Crippen LogP contribution >= 0.6 is 23.2 Å². The molecule has 25 heavy (non-hydrogen) atoms. The van der Waals surface area contributed by atoms with Crippen molar-refractivity contribution in [2.24, 2.45) is 0 Å². The maximum absolute atomic E-state index is 12.3. The van der Waals surface area contributed by atoms with Crippen molar-refractivity contribution in [1.29, 1.82) is 0 Å². The molecule has 3 aromatic rings. The van der Waals surface area contributed by atoms with Crippen LogP contribution in [0.4, 0.5) is 11.5 Å². The summed E-state index contributed by atoms with van der Waals surface area (Å²) in [6.45, 7) is 0.357. The van der Waals surface area contributed by atoms with Gasteiger partial charge in [0.25, 0.3) is 5.91 Å². The lowest BCUT2D eigenvalue weighted by Gasteiger charge is -2.10. The van der Waals surface area contributed by atoms with Gasteiger partial charge in [-0.1, -0.05) is 35.3 Å². The molecule has 0 saturated carbocycles. The summed E-state index contributed by atoms with van der Waals surface area (Å²) in [5, 5.41) is 6.69. The number of halogens is 2. The number of para-hydroxylation sites is 1. The van der Waals surface area contributed by atoms with E-state index in [1.807, 2.05) is 12.1 Å². The van der Waals surface area contributed by atoms with E-state index in [1.54, 1.807) is 30.6 Å². The van der Waals surface area contributed by atoms with Crippen molar-refractivity contribution < 1.29 is 4.79 Å². The Bertz CT molecular complexity index is 869. The van der Waals surface area contributed by atoms with Crippen LogP contribution in [0.25, 0.3) is 0 Å². The first kappa shape index (κ1) is 17.1. The molecular formula is C17H13Cl2N5O. The Kier molecular flexibility index (Phi) is 5.42. The first-order valence-electron chi connectivity index (χ1n) is 7.33. The molecule has 0 aliphatic heterocycles. The number of benzene rings is 1. The Labute approximate surface area is 154 Å². The Balaban J connectivity index is 1.72. The predicted octanol–water partition coefficient (Wildman–Crippen LogP) is 3.85. The first-order chi connectivity index (χ1) is 12.1. The number of pyridine rings is 1. The summed E-state index contributed by atoms with van der Waals surface area (Å²) in [5.41, 5.74) is 1.64. The summed E-state index contributed by atoms with van der Waals surface area (Å²) < 4.78 is 0. The van der Waals surface area contributed by atoms with Crippen LogP contribution in [-0.2, 0) is 6.54 Å². The monoisotopic (exact) mass is 373 g/mol. The summed E-state index contributed by atoms with van der Waals surface area (Å²) in [7, 11) is 0. The SMILES string of the molecule is O=C(NCc1cccnc1)c1cc(Nc2c(Cl)cccc2Cl)ncn1. The van der Waals surface area contributed by atoms with Crippen molar-refractivity contribution in [3.05, 3.63) is 76.4 Å². The van der Waals surface area contributed by atoms with Crippen LogP contribution in [0.15, 0.2) is 55.1 Å². The molecule has 0 spiro atoms. The van der Waals surface area contributed by atoms with Crippen LogP contribution < -0.4 is 10.6 Å². The Morgan fingerprint density at radius 2 is 1.88 bits per heavy atom. The van der Waals surface area contributed by atoms with E-state index >= 15 is 0 Å². The minimum Gasteiger partial charge on any atom is -0.347 e. The van der Waals surface area contributed by atoms with Gasteiger partial charge in [0.05, 0.1) is 15.7 Å². The molecule has 1 amide bonds. The van der Waals surface area contributed by atoms with Crippen LogP contribution in [0.5, 0.6) is 0 Å². The molecule has 0 atom stereocenters. The molecule has 0 saturated heterocycles. The third-order valence-corrected chi connectivity index (χ3v) is 3.92. The zero-order chi connectivity index (χ0) is 17.6. The Morgan fingerprint density at radius 1 is 1.08 bits per heavy atom. The molecule has 0 aliphatic rings. The standard InChI is InChI=1S/C17H13Cl2N5O/c18-12-4-1-5-13(19)16(12)24-15-7-14(22-10-23-15)17(25)21-9-11-3-2-6-20-8-11/h1-8,10H,9H2,(H,21,25)(H,22,23,24). The zero-order valence-corrected chi connectivity index (χ0v) is 14.4. The third kappa shape index (κ3) is 4.43. The van der Waals surface area contributed by atoms with Gasteiger partial charge in [0.1, 0.15) is 17.8 Å². The predicted molar refractivity (Wildman–Crippen MR) is 97.2 cm³/mol. The second-order valence-corrected chi connectivity index (χ2v) is 5.87. The van der Waals surface area contributed by atoms with Crippen LogP contribution in [0, 0.1) is 0 Å². The summed E-state index contributed by atoms with van der Waals surface area (Å²) in [6.07, 6.45) is 4.66. The average Bonchev–Trinajstić information content (AvgIpc) is 2.64. The van der Waals surface area contributed by atoms with Gasteiger partial charge in [0, 0.05) is 25.0 Å². The van der Waals surface area contributed by atoms with E-state index in [0.717, 1.165) is 5.56 Å². The molecule has 0 bridgehead atoms. The van der Waals surface area contributed by atoms with Crippen LogP contribution in [0.2, 0.25) is 10.0 Å². The molecule has 126 valence electrons. The van der Waals surface area contributed by atoms with E-state index in [4.69, 9.17) is 23.2 Å². The first-order valence-corrected chi connectivity index (χ1v) is 8.09. The van der Waals surface area contributed by atoms with Crippen molar-refractivity contribution in [1.82, 2.24) is 20.3 Å². The summed E-state index contributed by atoms with van der Waals surface area (Å²) in [5.74, 6) is 0.0936. The molecular weight excluding hydrogens is 361 g/mol. The minimum atomic E-state index is -0.320. The second kappa shape index (κ2) is 7.92. The van der Waals surface area contributed by atoms with Crippen molar-refractivity contribution in [3.8, 4) is 0 Å². The topological polar surface area (TPSA) is 79.8 Å². The molecule has 2 heterocycles. The molecule has 0 unspecified atom stereocenters. The van der Waals surface area contributed by atoms with Gasteiger partial charge < -0.3 is 10.6 Å². The highest BCUT2D eigenvalue weighted by Gasteiger charge is 2.11.